The zero-order valence-corrected chi connectivity index (χ0v) is 14.3. The topological polar surface area (TPSA) is 152 Å². The van der Waals surface area contributed by atoms with Gasteiger partial charge in [-0.3, -0.25) is 19.2 Å². The molecule has 0 aliphatic carbocycles. The SMILES string of the molecule is O=C1c2ccccc2C(=O)N1NC(=O)N(N1C(=O)C=CC1=O)n1c(O)ccc1O. The molecule has 12 heteroatoms. The normalized spacial score (nSPS) is 15.3. The Labute approximate surface area is 161 Å². The highest BCUT2D eigenvalue weighted by Crippen LogP contribution is 2.25. The van der Waals surface area contributed by atoms with Gasteiger partial charge in [-0.15, -0.1) is 5.12 Å². The second-order valence-electron chi connectivity index (χ2n) is 5.88. The Bertz CT molecular complexity index is 1060. The number of amides is 6. The molecule has 0 saturated heterocycles. The second-order valence-corrected chi connectivity index (χ2v) is 5.88. The van der Waals surface area contributed by atoms with Gasteiger partial charge in [0.15, 0.2) is 0 Å². The lowest BCUT2D eigenvalue weighted by Crippen LogP contribution is -2.62. The van der Waals surface area contributed by atoms with E-state index in [1.54, 1.807) is 0 Å². The van der Waals surface area contributed by atoms with E-state index in [0.717, 1.165) is 24.3 Å². The first-order chi connectivity index (χ1) is 13.8. The third kappa shape index (κ3) is 2.58. The van der Waals surface area contributed by atoms with Crippen molar-refractivity contribution in [1.29, 1.82) is 0 Å². The summed E-state index contributed by atoms with van der Waals surface area (Å²) in [7, 11) is 0. The number of hydrazine groups is 2. The Morgan fingerprint density at radius 2 is 1.31 bits per heavy atom. The average Bonchev–Trinajstić information content (AvgIpc) is 3.29. The lowest BCUT2D eigenvalue weighted by Gasteiger charge is -2.31. The van der Waals surface area contributed by atoms with Crippen molar-refractivity contribution in [2.75, 3.05) is 5.12 Å². The van der Waals surface area contributed by atoms with Gasteiger partial charge in [0, 0.05) is 24.3 Å². The Hall–Kier alpha value is -4.61. The Morgan fingerprint density at radius 3 is 1.79 bits per heavy atom. The first-order valence-electron chi connectivity index (χ1n) is 8.06. The number of hydrogen-bond donors (Lipinski definition) is 3. The number of rotatable bonds is 3. The maximum absolute atomic E-state index is 12.9. The molecule has 1 aromatic heterocycles. The summed E-state index contributed by atoms with van der Waals surface area (Å²) < 4.78 is 0.441. The number of carbonyl (C=O) groups is 5. The summed E-state index contributed by atoms with van der Waals surface area (Å²) in [6, 6.07) is 6.48. The summed E-state index contributed by atoms with van der Waals surface area (Å²) in [6.07, 6.45) is 1.73. The van der Waals surface area contributed by atoms with Crippen LogP contribution in [0.5, 0.6) is 11.8 Å². The Morgan fingerprint density at radius 1 is 0.828 bits per heavy atom. The van der Waals surface area contributed by atoms with Crippen molar-refractivity contribution < 1.29 is 34.2 Å². The fourth-order valence-electron chi connectivity index (χ4n) is 2.88. The van der Waals surface area contributed by atoms with E-state index >= 15 is 0 Å². The van der Waals surface area contributed by atoms with Crippen molar-refractivity contribution in [2.45, 2.75) is 0 Å². The summed E-state index contributed by atoms with van der Waals surface area (Å²) in [5.74, 6) is -4.99. The summed E-state index contributed by atoms with van der Waals surface area (Å²) in [5.41, 5.74) is 2.08. The minimum Gasteiger partial charge on any atom is -0.493 e. The second kappa shape index (κ2) is 6.23. The first kappa shape index (κ1) is 17.8. The number of aromatic hydroxyl groups is 2. The lowest BCUT2D eigenvalue weighted by molar-refractivity contribution is -0.138. The number of urea groups is 1. The fraction of sp³-hybridized carbons (Fsp3) is 0. The van der Waals surface area contributed by atoms with E-state index in [1.807, 2.05) is 5.43 Å². The molecule has 0 atom stereocenters. The molecule has 2 aliphatic heterocycles. The molecule has 3 heterocycles. The fourth-order valence-corrected chi connectivity index (χ4v) is 2.88. The van der Waals surface area contributed by atoms with Crippen molar-refractivity contribution in [3.05, 3.63) is 59.7 Å². The number of nitrogens with zero attached hydrogens (tertiary/aromatic N) is 4. The van der Waals surface area contributed by atoms with Crippen LogP contribution in [0.2, 0.25) is 0 Å². The average molecular weight is 397 g/mol. The van der Waals surface area contributed by atoms with Crippen LogP contribution in [-0.2, 0) is 9.59 Å². The standard InChI is InChI=1S/C17H11N5O7/c23-11-5-6-12(24)20(11)22(21-13(25)7-8-14(21)26)17(29)18-19-15(27)9-3-1-2-4-10(9)16(19)28/h1-8,23-24H,(H,18,29). The third-order valence-corrected chi connectivity index (χ3v) is 4.16. The third-order valence-electron chi connectivity index (χ3n) is 4.16. The number of imide groups is 2. The number of fused-ring (bicyclic) bond motifs is 1. The predicted molar refractivity (Wildman–Crippen MR) is 92.4 cm³/mol. The maximum atomic E-state index is 12.9. The molecule has 1 aromatic carbocycles. The van der Waals surface area contributed by atoms with Crippen LogP contribution in [0.15, 0.2) is 48.6 Å². The van der Waals surface area contributed by atoms with Gasteiger partial charge in [-0.05, 0) is 12.1 Å². The molecule has 0 fully saturated rings. The van der Waals surface area contributed by atoms with E-state index in [2.05, 4.69) is 0 Å². The summed E-state index contributed by atoms with van der Waals surface area (Å²) in [4.78, 5) is 61.9. The Balaban J connectivity index is 1.70. The van der Waals surface area contributed by atoms with Crippen molar-refractivity contribution >= 4 is 29.7 Å². The van der Waals surface area contributed by atoms with E-state index in [0.29, 0.717) is 14.7 Å². The lowest BCUT2D eigenvalue weighted by atomic mass is 10.1. The molecule has 146 valence electrons. The number of hydrogen-bond acceptors (Lipinski definition) is 7. The van der Waals surface area contributed by atoms with Crippen molar-refractivity contribution in [2.24, 2.45) is 0 Å². The largest absolute Gasteiger partial charge is 0.493 e. The highest BCUT2D eigenvalue weighted by Gasteiger charge is 2.41. The molecule has 2 aliphatic rings. The van der Waals surface area contributed by atoms with Gasteiger partial charge in [-0.1, -0.05) is 12.1 Å². The van der Waals surface area contributed by atoms with Crippen LogP contribution in [-0.4, -0.2) is 54.6 Å². The smallest absolute Gasteiger partial charge is 0.376 e. The van der Waals surface area contributed by atoms with E-state index < -0.39 is 41.4 Å². The van der Waals surface area contributed by atoms with Crippen molar-refractivity contribution in [3.8, 4) is 11.8 Å². The zero-order chi connectivity index (χ0) is 20.9. The number of benzene rings is 1. The highest BCUT2D eigenvalue weighted by molar-refractivity contribution is 6.22. The minimum absolute atomic E-state index is 0.0472. The van der Waals surface area contributed by atoms with Gasteiger partial charge in [0.05, 0.1) is 11.1 Å². The molecular formula is C17H11N5O7. The molecule has 2 aromatic rings. The van der Waals surface area contributed by atoms with Crippen LogP contribution >= 0.6 is 0 Å². The molecule has 3 N–H and O–H groups in total. The van der Waals surface area contributed by atoms with Gasteiger partial charge in [0.25, 0.3) is 23.6 Å². The van der Waals surface area contributed by atoms with E-state index in [4.69, 9.17) is 0 Å². The van der Waals surface area contributed by atoms with Gasteiger partial charge in [-0.2, -0.15) is 14.7 Å². The van der Waals surface area contributed by atoms with Crippen LogP contribution < -0.4 is 10.5 Å². The molecule has 0 saturated carbocycles. The van der Waals surface area contributed by atoms with Crippen molar-refractivity contribution in [1.82, 2.24) is 20.1 Å². The molecule has 29 heavy (non-hydrogen) atoms. The number of nitrogens with one attached hydrogen (secondary N) is 1. The molecular weight excluding hydrogens is 386 g/mol. The van der Waals surface area contributed by atoms with Gasteiger partial charge in [0.1, 0.15) is 0 Å². The minimum atomic E-state index is -1.35. The predicted octanol–water partition coefficient (Wildman–Crippen LogP) is -0.402. The quantitative estimate of drug-likeness (QED) is 0.596. The number of aromatic nitrogens is 1. The Kier molecular flexibility index (Phi) is 3.82. The first-order valence-corrected chi connectivity index (χ1v) is 8.06. The van der Waals surface area contributed by atoms with Crippen LogP contribution in [0, 0.1) is 0 Å². The van der Waals surface area contributed by atoms with Crippen LogP contribution in [0.4, 0.5) is 4.79 Å². The van der Waals surface area contributed by atoms with Crippen molar-refractivity contribution in [3.63, 3.8) is 0 Å². The van der Waals surface area contributed by atoms with Gasteiger partial charge in [0.2, 0.25) is 11.8 Å². The summed E-state index contributed by atoms with van der Waals surface area (Å²) in [6.45, 7) is 0. The molecule has 6 amide bonds. The van der Waals surface area contributed by atoms with Gasteiger partial charge >= 0.3 is 6.03 Å². The molecule has 12 nitrogen and oxygen atoms in total. The summed E-state index contributed by atoms with van der Waals surface area (Å²) >= 11 is 0. The molecule has 0 radical (unpaired) electrons. The maximum Gasteiger partial charge on any atom is 0.376 e. The highest BCUT2D eigenvalue weighted by atomic mass is 16.3. The summed E-state index contributed by atoms with van der Waals surface area (Å²) in [5, 5.41) is 20.9. The van der Waals surface area contributed by atoms with Crippen LogP contribution in [0.1, 0.15) is 20.7 Å². The molecule has 4 rings (SSSR count). The number of carbonyl (C=O) groups excluding carboxylic acids is 5. The van der Waals surface area contributed by atoms with Crippen LogP contribution in [0.25, 0.3) is 0 Å². The molecule has 0 spiro atoms. The van der Waals surface area contributed by atoms with Gasteiger partial charge in [-0.25, -0.2) is 10.2 Å². The van der Waals surface area contributed by atoms with E-state index in [-0.39, 0.29) is 16.2 Å². The van der Waals surface area contributed by atoms with Crippen LogP contribution in [0.3, 0.4) is 0 Å². The van der Waals surface area contributed by atoms with E-state index in [9.17, 15) is 34.2 Å². The molecule has 0 bridgehead atoms. The van der Waals surface area contributed by atoms with Gasteiger partial charge < -0.3 is 10.2 Å². The monoisotopic (exact) mass is 397 g/mol. The zero-order valence-electron chi connectivity index (χ0n) is 14.3. The molecule has 0 unspecified atom stereocenters. The van der Waals surface area contributed by atoms with E-state index in [1.165, 1.54) is 24.3 Å².